The van der Waals surface area contributed by atoms with Gasteiger partial charge in [-0.3, -0.25) is 9.36 Å². The van der Waals surface area contributed by atoms with Crippen molar-refractivity contribution in [1.29, 1.82) is 0 Å². The van der Waals surface area contributed by atoms with Crippen LogP contribution in [0, 0.1) is 0 Å². The van der Waals surface area contributed by atoms with Gasteiger partial charge in [-0.15, -0.1) is 0 Å². The topological polar surface area (TPSA) is 56.1 Å². The number of ether oxygens (including phenoxy) is 2. The van der Waals surface area contributed by atoms with Gasteiger partial charge in [0.25, 0.3) is 5.56 Å². The Morgan fingerprint density at radius 2 is 1.85 bits per heavy atom. The molecule has 0 atom stereocenters. The molecular weight excluding hydrogens is 362 g/mol. The van der Waals surface area contributed by atoms with Crippen LogP contribution >= 0.6 is 11.3 Å². The zero-order valence-corrected chi connectivity index (χ0v) is 15.9. The molecule has 4 rings (SSSR count). The number of nitrogens with zero attached hydrogens (tertiary/aromatic N) is 3. The van der Waals surface area contributed by atoms with Crippen LogP contribution in [0.25, 0.3) is 6.08 Å². The van der Waals surface area contributed by atoms with Crippen molar-refractivity contribution >= 4 is 23.1 Å². The molecule has 0 saturated carbocycles. The third kappa shape index (κ3) is 3.33. The quantitative estimate of drug-likeness (QED) is 0.692. The van der Waals surface area contributed by atoms with E-state index in [-0.39, 0.29) is 5.56 Å². The van der Waals surface area contributed by atoms with Crippen LogP contribution in [0.3, 0.4) is 0 Å². The van der Waals surface area contributed by atoms with Gasteiger partial charge < -0.3 is 14.4 Å². The summed E-state index contributed by atoms with van der Waals surface area (Å²) in [7, 11) is 3.19. The van der Waals surface area contributed by atoms with E-state index in [2.05, 4.69) is 9.89 Å². The minimum Gasteiger partial charge on any atom is -0.493 e. The van der Waals surface area contributed by atoms with E-state index in [1.165, 1.54) is 11.3 Å². The number of methoxy groups -OCH3 is 2. The Balaban J connectivity index is 1.71. The Morgan fingerprint density at radius 1 is 1.07 bits per heavy atom. The largest absolute Gasteiger partial charge is 0.493 e. The molecule has 0 fully saturated rings. The molecule has 3 aromatic rings. The molecule has 0 bridgehead atoms. The van der Waals surface area contributed by atoms with Crippen LogP contribution in [0.2, 0.25) is 0 Å². The molecule has 2 aromatic carbocycles. The maximum Gasteiger partial charge on any atom is 0.271 e. The zero-order valence-electron chi connectivity index (χ0n) is 15.1. The first-order valence-electron chi connectivity index (χ1n) is 8.47. The number of fused-ring (bicyclic) bond motifs is 1. The second-order valence-electron chi connectivity index (χ2n) is 6.06. The average molecular weight is 381 g/mol. The Kier molecular flexibility index (Phi) is 4.68. The van der Waals surface area contributed by atoms with Crippen molar-refractivity contribution in [2.24, 2.45) is 4.99 Å². The monoisotopic (exact) mass is 381 g/mol. The van der Waals surface area contributed by atoms with Gasteiger partial charge in [0.1, 0.15) is 13.3 Å². The molecule has 0 radical (unpaired) electrons. The van der Waals surface area contributed by atoms with Crippen molar-refractivity contribution < 1.29 is 9.47 Å². The minimum absolute atomic E-state index is 0.0332. The highest BCUT2D eigenvalue weighted by Crippen LogP contribution is 2.27. The summed E-state index contributed by atoms with van der Waals surface area (Å²) in [5, 5.41) is 0. The van der Waals surface area contributed by atoms with E-state index in [4.69, 9.17) is 9.47 Å². The predicted molar refractivity (Wildman–Crippen MR) is 106 cm³/mol. The van der Waals surface area contributed by atoms with Gasteiger partial charge in [0.05, 0.1) is 18.8 Å². The number of para-hydroxylation sites is 1. The molecular formula is C20H19N3O3S. The normalized spacial score (nSPS) is 13.9. The minimum atomic E-state index is -0.0332. The van der Waals surface area contributed by atoms with Crippen LogP contribution in [0.15, 0.2) is 58.3 Å². The molecule has 0 spiro atoms. The van der Waals surface area contributed by atoms with Crippen molar-refractivity contribution in [2.75, 3.05) is 25.8 Å². The molecule has 27 heavy (non-hydrogen) atoms. The van der Waals surface area contributed by atoms with E-state index in [1.807, 2.05) is 54.6 Å². The number of hydrogen-bond acceptors (Lipinski definition) is 6. The Hall–Kier alpha value is -3.06. The van der Waals surface area contributed by atoms with Gasteiger partial charge in [-0.2, -0.15) is 0 Å². The highest BCUT2D eigenvalue weighted by Gasteiger charge is 2.15. The lowest BCUT2D eigenvalue weighted by Crippen LogP contribution is -2.42. The standard InChI is InChI=1S/C20H19N3O3S/c1-25-16-9-8-14(10-17(16)26-2)11-18-19(24)23-13-22(12-21-20(23)27-18)15-6-4-3-5-7-15/h3-11H,12-13H2,1-2H3/b18-11-. The number of benzene rings is 2. The van der Waals surface area contributed by atoms with Gasteiger partial charge >= 0.3 is 0 Å². The van der Waals surface area contributed by atoms with Gasteiger partial charge in [0.15, 0.2) is 16.3 Å². The molecule has 2 heterocycles. The molecule has 7 heteroatoms. The van der Waals surface area contributed by atoms with Crippen molar-refractivity contribution in [3.63, 3.8) is 0 Å². The lowest BCUT2D eigenvalue weighted by atomic mass is 10.2. The van der Waals surface area contributed by atoms with Gasteiger partial charge in [0.2, 0.25) is 0 Å². The van der Waals surface area contributed by atoms with E-state index in [0.717, 1.165) is 16.1 Å². The molecule has 0 unspecified atom stereocenters. The molecule has 1 aliphatic heterocycles. The lowest BCUT2D eigenvalue weighted by Gasteiger charge is -2.25. The van der Waals surface area contributed by atoms with E-state index < -0.39 is 0 Å². The second kappa shape index (κ2) is 7.28. The highest BCUT2D eigenvalue weighted by atomic mass is 32.1. The zero-order chi connectivity index (χ0) is 18.8. The summed E-state index contributed by atoms with van der Waals surface area (Å²) in [5.41, 5.74) is 1.90. The van der Waals surface area contributed by atoms with Gasteiger partial charge in [-0.05, 0) is 35.9 Å². The van der Waals surface area contributed by atoms with Crippen molar-refractivity contribution in [1.82, 2.24) is 4.57 Å². The van der Waals surface area contributed by atoms with E-state index in [1.54, 1.807) is 18.8 Å². The Bertz CT molecular complexity index is 1140. The average Bonchev–Trinajstić information content (AvgIpc) is 3.03. The van der Waals surface area contributed by atoms with Gasteiger partial charge in [0, 0.05) is 5.69 Å². The summed E-state index contributed by atoms with van der Waals surface area (Å²) < 4.78 is 13.0. The summed E-state index contributed by atoms with van der Waals surface area (Å²) in [5.74, 6) is 1.29. The maximum atomic E-state index is 12.9. The molecule has 6 nitrogen and oxygen atoms in total. The van der Waals surface area contributed by atoms with Crippen LogP contribution in [0.1, 0.15) is 5.56 Å². The molecule has 0 N–H and O–H groups in total. The fourth-order valence-corrected chi connectivity index (χ4v) is 3.97. The fraction of sp³-hybridized carbons (Fsp3) is 0.200. The van der Waals surface area contributed by atoms with E-state index in [9.17, 15) is 4.79 Å². The van der Waals surface area contributed by atoms with Crippen molar-refractivity contribution in [3.05, 3.63) is 73.8 Å². The Morgan fingerprint density at radius 3 is 2.59 bits per heavy atom. The predicted octanol–water partition coefficient (Wildman–Crippen LogP) is 1.81. The summed E-state index contributed by atoms with van der Waals surface area (Å²) in [6, 6.07) is 15.6. The van der Waals surface area contributed by atoms with Crippen LogP contribution in [0.4, 0.5) is 5.69 Å². The van der Waals surface area contributed by atoms with Crippen molar-refractivity contribution in [3.8, 4) is 11.5 Å². The molecule has 138 valence electrons. The maximum absolute atomic E-state index is 12.9. The van der Waals surface area contributed by atoms with Crippen LogP contribution in [-0.2, 0) is 6.67 Å². The van der Waals surface area contributed by atoms with Crippen LogP contribution in [0.5, 0.6) is 11.5 Å². The smallest absolute Gasteiger partial charge is 0.271 e. The molecule has 1 aromatic heterocycles. The third-order valence-corrected chi connectivity index (χ3v) is 5.45. The fourth-order valence-electron chi connectivity index (χ4n) is 3.01. The van der Waals surface area contributed by atoms with E-state index in [0.29, 0.717) is 29.4 Å². The van der Waals surface area contributed by atoms with Gasteiger partial charge in [-0.1, -0.05) is 35.6 Å². The first kappa shape index (κ1) is 17.4. The van der Waals surface area contributed by atoms with Gasteiger partial charge in [-0.25, -0.2) is 4.99 Å². The van der Waals surface area contributed by atoms with Crippen LogP contribution in [-0.4, -0.2) is 25.5 Å². The molecule has 0 saturated heterocycles. The second-order valence-corrected chi connectivity index (χ2v) is 7.07. The van der Waals surface area contributed by atoms with Crippen molar-refractivity contribution in [2.45, 2.75) is 6.67 Å². The van der Waals surface area contributed by atoms with Crippen LogP contribution < -0.4 is 29.3 Å². The number of hydrogen-bond donors (Lipinski definition) is 0. The number of anilines is 1. The Labute approximate surface area is 160 Å². The SMILES string of the molecule is COc1ccc(/C=c2\sc3n(c2=O)CN(c2ccccc2)CN=3)cc1OC. The highest BCUT2D eigenvalue weighted by molar-refractivity contribution is 7.07. The molecule has 0 amide bonds. The number of rotatable bonds is 4. The summed E-state index contributed by atoms with van der Waals surface area (Å²) in [4.78, 5) is 20.3. The first-order chi connectivity index (χ1) is 13.2. The summed E-state index contributed by atoms with van der Waals surface area (Å²) >= 11 is 1.41. The first-order valence-corrected chi connectivity index (χ1v) is 9.29. The summed E-state index contributed by atoms with van der Waals surface area (Å²) in [6.45, 7) is 1.04. The number of aromatic nitrogens is 1. The molecule has 0 aliphatic carbocycles. The van der Waals surface area contributed by atoms with E-state index >= 15 is 0 Å². The molecule has 1 aliphatic rings. The third-order valence-electron chi connectivity index (χ3n) is 4.40. The number of thiazole rings is 1. The summed E-state index contributed by atoms with van der Waals surface area (Å²) in [6.07, 6.45) is 1.86. The lowest BCUT2D eigenvalue weighted by molar-refractivity contribution is 0.355.